The molecule has 1 aromatic heterocycles. The van der Waals surface area contributed by atoms with Gasteiger partial charge in [0.25, 0.3) is 0 Å². The molecule has 0 aliphatic heterocycles. The van der Waals surface area contributed by atoms with Gasteiger partial charge in [0.05, 0.1) is 5.69 Å². The van der Waals surface area contributed by atoms with Gasteiger partial charge in [-0.05, 0) is 18.9 Å². The Hall–Kier alpha value is -1.00. The van der Waals surface area contributed by atoms with Crippen LogP contribution in [0.3, 0.4) is 0 Å². The highest BCUT2D eigenvalue weighted by molar-refractivity contribution is 5.20. The Labute approximate surface area is 73.4 Å². The van der Waals surface area contributed by atoms with E-state index in [1.54, 1.807) is 0 Å². The summed E-state index contributed by atoms with van der Waals surface area (Å²) in [7, 11) is 1.33. The largest absolute Gasteiger partial charge is 0.433 e. The van der Waals surface area contributed by atoms with E-state index >= 15 is 0 Å². The zero-order valence-corrected chi connectivity index (χ0v) is 7.10. The van der Waals surface area contributed by atoms with Crippen LogP contribution < -0.4 is 0 Å². The van der Waals surface area contributed by atoms with Crippen molar-refractivity contribution in [2.45, 2.75) is 24.9 Å². The first-order chi connectivity index (χ1) is 5.98. The highest BCUT2D eigenvalue weighted by Crippen LogP contribution is 2.41. The van der Waals surface area contributed by atoms with E-state index in [4.69, 9.17) is 0 Å². The van der Waals surface area contributed by atoms with Crippen molar-refractivity contribution >= 4 is 0 Å². The van der Waals surface area contributed by atoms with Crippen molar-refractivity contribution in [3.8, 4) is 0 Å². The maximum Gasteiger partial charge on any atom is 0.433 e. The van der Waals surface area contributed by atoms with E-state index in [0.717, 1.165) is 23.6 Å². The molecule has 0 spiro atoms. The molecule has 0 aromatic carbocycles. The van der Waals surface area contributed by atoms with Gasteiger partial charge in [-0.25, -0.2) is 0 Å². The van der Waals surface area contributed by atoms with Gasteiger partial charge in [-0.2, -0.15) is 18.3 Å². The maximum absolute atomic E-state index is 12.3. The molecular weight excluding hydrogens is 181 g/mol. The number of nitrogens with zero attached hydrogens (tertiary/aromatic N) is 2. The lowest BCUT2D eigenvalue weighted by Gasteiger charge is -2.04. The summed E-state index contributed by atoms with van der Waals surface area (Å²) in [4.78, 5) is 0. The molecular formula is C8H9F3N2. The van der Waals surface area contributed by atoms with Crippen molar-refractivity contribution in [1.29, 1.82) is 0 Å². The first-order valence-corrected chi connectivity index (χ1v) is 4.09. The Morgan fingerprint density at radius 1 is 1.46 bits per heavy atom. The number of hydrogen-bond donors (Lipinski definition) is 0. The first kappa shape index (κ1) is 8.59. The second-order valence-electron chi connectivity index (χ2n) is 3.35. The summed E-state index contributed by atoms with van der Waals surface area (Å²) in [6.07, 6.45) is -2.35. The fourth-order valence-corrected chi connectivity index (χ4v) is 1.33. The van der Waals surface area contributed by atoms with Crippen LogP contribution in [-0.4, -0.2) is 9.78 Å². The number of aromatic nitrogens is 2. The summed E-state index contributed by atoms with van der Waals surface area (Å²) < 4.78 is 37.8. The summed E-state index contributed by atoms with van der Waals surface area (Å²) in [6.45, 7) is 0. The predicted molar refractivity (Wildman–Crippen MR) is 40.2 cm³/mol. The van der Waals surface area contributed by atoms with Crippen LogP contribution in [0.1, 0.15) is 30.1 Å². The van der Waals surface area contributed by atoms with E-state index in [-0.39, 0.29) is 5.92 Å². The van der Waals surface area contributed by atoms with Crippen LogP contribution in [0.2, 0.25) is 0 Å². The average Bonchev–Trinajstić information content (AvgIpc) is 2.73. The van der Waals surface area contributed by atoms with Crippen LogP contribution >= 0.6 is 0 Å². The lowest BCUT2D eigenvalue weighted by atomic mass is 10.2. The molecule has 0 amide bonds. The van der Waals surface area contributed by atoms with Gasteiger partial charge in [0, 0.05) is 13.0 Å². The Bertz CT molecular complexity index is 323. The molecule has 5 heteroatoms. The lowest BCUT2D eigenvalue weighted by molar-refractivity contribution is -0.143. The molecule has 0 saturated heterocycles. The van der Waals surface area contributed by atoms with Gasteiger partial charge in [0.15, 0.2) is 0 Å². The van der Waals surface area contributed by atoms with Crippen LogP contribution in [0.5, 0.6) is 0 Å². The third-order valence-electron chi connectivity index (χ3n) is 2.18. The molecule has 13 heavy (non-hydrogen) atoms. The monoisotopic (exact) mass is 190 g/mol. The third kappa shape index (κ3) is 1.55. The molecule has 0 bridgehead atoms. The third-order valence-corrected chi connectivity index (χ3v) is 2.18. The van der Waals surface area contributed by atoms with Gasteiger partial charge >= 0.3 is 6.18 Å². The quantitative estimate of drug-likeness (QED) is 0.664. The average molecular weight is 190 g/mol. The number of hydrogen-bond acceptors (Lipinski definition) is 1. The number of halogens is 3. The van der Waals surface area contributed by atoms with Crippen molar-refractivity contribution in [3.63, 3.8) is 0 Å². The smallest absolute Gasteiger partial charge is 0.263 e. The summed E-state index contributed by atoms with van der Waals surface area (Å²) in [5.41, 5.74) is -0.0794. The second kappa shape index (κ2) is 2.49. The van der Waals surface area contributed by atoms with Gasteiger partial charge in [-0.15, -0.1) is 0 Å². The molecule has 1 heterocycles. The molecule has 0 N–H and O–H groups in total. The molecule has 2 rings (SSSR count). The normalized spacial score (nSPS) is 17.8. The van der Waals surface area contributed by atoms with Gasteiger partial charge in [-0.1, -0.05) is 0 Å². The van der Waals surface area contributed by atoms with Crippen molar-refractivity contribution in [2.24, 2.45) is 7.05 Å². The molecule has 72 valence electrons. The molecule has 1 aliphatic rings. The second-order valence-corrected chi connectivity index (χ2v) is 3.35. The minimum absolute atomic E-state index is 0.266. The number of aryl methyl sites for hydroxylation is 1. The zero-order valence-electron chi connectivity index (χ0n) is 7.10. The van der Waals surface area contributed by atoms with E-state index in [0.29, 0.717) is 5.69 Å². The first-order valence-electron chi connectivity index (χ1n) is 4.09. The van der Waals surface area contributed by atoms with Crippen LogP contribution in [0.15, 0.2) is 6.07 Å². The zero-order chi connectivity index (χ0) is 9.64. The van der Waals surface area contributed by atoms with Crippen LogP contribution in [0.4, 0.5) is 13.2 Å². The molecule has 1 aliphatic carbocycles. The van der Waals surface area contributed by atoms with Gasteiger partial charge in [-0.3, -0.25) is 4.68 Å². The maximum atomic E-state index is 12.3. The Morgan fingerprint density at radius 3 is 2.46 bits per heavy atom. The summed E-state index contributed by atoms with van der Waals surface area (Å²) >= 11 is 0. The SMILES string of the molecule is Cn1nc(C2CC2)cc1C(F)(F)F. The Morgan fingerprint density at radius 2 is 2.08 bits per heavy atom. The lowest BCUT2D eigenvalue weighted by Crippen LogP contribution is -2.11. The van der Waals surface area contributed by atoms with E-state index in [9.17, 15) is 13.2 Å². The minimum atomic E-state index is -4.28. The molecule has 0 atom stereocenters. The Balaban J connectivity index is 2.35. The van der Waals surface area contributed by atoms with Crippen molar-refractivity contribution in [1.82, 2.24) is 9.78 Å². The molecule has 2 nitrogen and oxygen atoms in total. The van der Waals surface area contributed by atoms with Crippen molar-refractivity contribution in [2.75, 3.05) is 0 Å². The van der Waals surface area contributed by atoms with Gasteiger partial charge in [0.2, 0.25) is 0 Å². The summed E-state index contributed by atoms with van der Waals surface area (Å²) in [5, 5.41) is 3.84. The summed E-state index contributed by atoms with van der Waals surface area (Å²) in [6, 6.07) is 1.15. The minimum Gasteiger partial charge on any atom is -0.263 e. The fraction of sp³-hybridized carbons (Fsp3) is 0.625. The highest BCUT2D eigenvalue weighted by Gasteiger charge is 2.37. The van der Waals surface area contributed by atoms with Crippen molar-refractivity contribution < 1.29 is 13.2 Å². The molecule has 1 saturated carbocycles. The van der Waals surface area contributed by atoms with Gasteiger partial charge < -0.3 is 0 Å². The summed E-state index contributed by atoms with van der Waals surface area (Å²) in [5.74, 6) is 0.266. The van der Waals surface area contributed by atoms with E-state index in [2.05, 4.69) is 5.10 Å². The number of rotatable bonds is 1. The Kier molecular flexibility index (Phi) is 1.65. The fourth-order valence-electron chi connectivity index (χ4n) is 1.33. The highest BCUT2D eigenvalue weighted by atomic mass is 19.4. The predicted octanol–water partition coefficient (Wildman–Crippen LogP) is 2.32. The van der Waals surface area contributed by atoms with Crippen molar-refractivity contribution in [3.05, 3.63) is 17.5 Å². The standard InChI is InChI=1S/C8H9F3N2/c1-13-7(8(9,10)11)4-6(12-13)5-2-3-5/h4-5H,2-3H2,1H3. The van der Waals surface area contributed by atoms with Gasteiger partial charge in [0.1, 0.15) is 5.69 Å². The molecule has 0 radical (unpaired) electrons. The molecule has 1 fully saturated rings. The molecule has 0 unspecified atom stereocenters. The van der Waals surface area contributed by atoms with Crippen LogP contribution in [0, 0.1) is 0 Å². The topological polar surface area (TPSA) is 17.8 Å². The molecule has 1 aromatic rings. The van der Waals surface area contributed by atoms with E-state index in [1.165, 1.54) is 7.05 Å². The number of alkyl halides is 3. The van der Waals surface area contributed by atoms with Crippen LogP contribution in [0.25, 0.3) is 0 Å². The van der Waals surface area contributed by atoms with E-state index in [1.807, 2.05) is 0 Å². The van der Waals surface area contributed by atoms with E-state index < -0.39 is 11.9 Å². The van der Waals surface area contributed by atoms with Crippen LogP contribution in [-0.2, 0) is 13.2 Å².